The van der Waals surface area contributed by atoms with Crippen LogP contribution in [-0.4, -0.2) is 5.91 Å². The predicted molar refractivity (Wildman–Crippen MR) is 78.5 cm³/mol. The summed E-state index contributed by atoms with van der Waals surface area (Å²) in [5, 5.41) is 3.03. The Morgan fingerprint density at radius 1 is 1.32 bits per heavy atom. The molecule has 0 radical (unpaired) electrons. The molecule has 0 spiro atoms. The number of hydrogen-bond acceptors (Lipinski definition) is 1. The van der Waals surface area contributed by atoms with Crippen LogP contribution in [0.25, 0.3) is 0 Å². The highest BCUT2D eigenvalue weighted by Crippen LogP contribution is 2.44. The fourth-order valence-electron chi connectivity index (χ4n) is 3.43. The molecule has 3 unspecified atom stereocenters. The largest absolute Gasteiger partial charge is 0.326 e. The Kier molecular flexibility index (Phi) is 3.53. The maximum absolute atomic E-state index is 11.4. The van der Waals surface area contributed by atoms with E-state index in [0.29, 0.717) is 12.3 Å². The zero-order valence-electron chi connectivity index (χ0n) is 11.3. The smallest absolute Gasteiger partial charge is 0.224 e. The number of carbonyl (C=O) groups excluding carboxylic acids is 1. The van der Waals surface area contributed by atoms with Crippen LogP contribution in [0, 0.1) is 11.8 Å². The average Bonchev–Trinajstić information content (AvgIpc) is 2.83. The van der Waals surface area contributed by atoms with E-state index in [1.54, 1.807) is 0 Å². The molecule has 1 heterocycles. The number of rotatable bonds is 2. The average molecular weight is 278 g/mol. The van der Waals surface area contributed by atoms with E-state index in [2.05, 4.69) is 24.4 Å². The highest BCUT2D eigenvalue weighted by atomic mass is 35.5. The van der Waals surface area contributed by atoms with Crippen LogP contribution < -0.4 is 5.32 Å². The van der Waals surface area contributed by atoms with Crippen LogP contribution in [0.3, 0.4) is 0 Å². The van der Waals surface area contributed by atoms with Crippen molar-refractivity contribution in [3.63, 3.8) is 0 Å². The fraction of sp³-hybridized carbons (Fsp3) is 0.562. The number of anilines is 1. The van der Waals surface area contributed by atoms with Crippen molar-refractivity contribution in [3.05, 3.63) is 29.3 Å². The number of hydrogen-bond donors (Lipinski definition) is 1. The summed E-state index contributed by atoms with van der Waals surface area (Å²) in [6.07, 6.45) is 5.26. The molecule has 3 atom stereocenters. The minimum atomic E-state index is 0.112. The number of amides is 1. The summed E-state index contributed by atoms with van der Waals surface area (Å²) < 4.78 is 0. The number of carbonyl (C=O) groups is 1. The van der Waals surface area contributed by atoms with Gasteiger partial charge in [0.2, 0.25) is 5.91 Å². The summed E-state index contributed by atoms with van der Waals surface area (Å²) >= 11 is 6.69. The number of nitrogens with one attached hydrogen (secondary N) is 1. The molecule has 0 bridgehead atoms. The first-order valence-electron chi connectivity index (χ1n) is 7.22. The quantitative estimate of drug-likeness (QED) is 0.803. The third-order valence-corrected chi connectivity index (χ3v) is 5.22. The van der Waals surface area contributed by atoms with E-state index in [0.717, 1.165) is 18.0 Å². The van der Waals surface area contributed by atoms with Crippen LogP contribution in [0.15, 0.2) is 18.2 Å². The first-order chi connectivity index (χ1) is 9.15. The van der Waals surface area contributed by atoms with Gasteiger partial charge in [-0.1, -0.05) is 31.9 Å². The lowest BCUT2D eigenvalue weighted by atomic mass is 9.89. The molecule has 1 fully saturated rings. The second kappa shape index (κ2) is 5.16. The molecule has 1 aromatic rings. The number of fused-ring (bicyclic) bond motifs is 1. The fourth-order valence-corrected chi connectivity index (χ4v) is 3.94. The molecule has 3 rings (SSSR count). The third-order valence-electron chi connectivity index (χ3n) is 4.65. The van der Waals surface area contributed by atoms with E-state index >= 15 is 0 Å². The van der Waals surface area contributed by atoms with Crippen molar-refractivity contribution in [3.8, 4) is 0 Å². The maximum atomic E-state index is 11.4. The van der Waals surface area contributed by atoms with Gasteiger partial charge in [-0.05, 0) is 41.9 Å². The Bertz CT molecular complexity index is 500. The molecule has 1 aromatic carbocycles. The minimum Gasteiger partial charge on any atom is -0.326 e. The van der Waals surface area contributed by atoms with Gasteiger partial charge in [-0.3, -0.25) is 4.79 Å². The van der Waals surface area contributed by atoms with Gasteiger partial charge in [0.25, 0.3) is 0 Å². The Hall–Kier alpha value is -1.02. The first-order valence-corrected chi connectivity index (χ1v) is 7.65. The van der Waals surface area contributed by atoms with E-state index in [1.807, 2.05) is 6.07 Å². The van der Waals surface area contributed by atoms with E-state index < -0.39 is 0 Å². The summed E-state index contributed by atoms with van der Waals surface area (Å²) in [5.41, 5.74) is 3.41. The minimum absolute atomic E-state index is 0.112. The number of halogens is 1. The van der Waals surface area contributed by atoms with Crippen LogP contribution >= 0.6 is 11.6 Å². The monoisotopic (exact) mass is 277 g/mol. The van der Waals surface area contributed by atoms with Crippen molar-refractivity contribution in [1.29, 1.82) is 0 Å². The second-order valence-corrected chi connectivity index (χ2v) is 6.41. The van der Waals surface area contributed by atoms with Crippen LogP contribution in [0.1, 0.15) is 49.1 Å². The zero-order valence-corrected chi connectivity index (χ0v) is 12.0. The summed E-state index contributed by atoms with van der Waals surface area (Å²) in [7, 11) is 0. The highest BCUT2D eigenvalue weighted by Gasteiger charge is 2.31. The first kappa shape index (κ1) is 13.0. The molecule has 102 valence electrons. The van der Waals surface area contributed by atoms with Crippen molar-refractivity contribution in [2.45, 2.75) is 44.4 Å². The lowest BCUT2D eigenvalue weighted by molar-refractivity contribution is -0.116. The summed E-state index contributed by atoms with van der Waals surface area (Å²) in [6.45, 7) is 2.31. The Labute approximate surface area is 119 Å². The van der Waals surface area contributed by atoms with Gasteiger partial charge in [-0.25, -0.2) is 0 Å². The normalized spacial score (nSPS) is 27.8. The zero-order chi connectivity index (χ0) is 13.4. The third kappa shape index (κ3) is 2.51. The van der Waals surface area contributed by atoms with E-state index in [1.165, 1.54) is 30.4 Å². The lowest BCUT2D eigenvalue weighted by Gasteiger charge is -2.24. The summed E-state index contributed by atoms with van der Waals surface area (Å²) in [6, 6.07) is 6.28. The van der Waals surface area contributed by atoms with E-state index in [-0.39, 0.29) is 11.3 Å². The molecule has 2 nitrogen and oxygen atoms in total. The molecule has 1 aliphatic heterocycles. The van der Waals surface area contributed by atoms with Crippen LogP contribution in [0.5, 0.6) is 0 Å². The van der Waals surface area contributed by atoms with Gasteiger partial charge >= 0.3 is 0 Å². The number of benzene rings is 1. The molecule has 1 saturated carbocycles. The molecule has 0 saturated heterocycles. The van der Waals surface area contributed by atoms with Crippen molar-refractivity contribution >= 4 is 23.2 Å². The van der Waals surface area contributed by atoms with E-state index in [4.69, 9.17) is 11.6 Å². The van der Waals surface area contributed by atoms with Gasteiger partial charge in [0, 0.05) is 12.1 Å². The maximum Gasteiger partial charge on any atom is 0.224 e. The summed E-state index contributed by atoms with van der Waals surface area (Å²) in [4.78, 5) is 11.4. The van der Waals surface area contributed by atoms with Gasteiger partial charge in [0.05, 0.1) is 5.38 Å². The van der Waals surface area contributed by atoms with Gasteiger partial charge < -0.3 is 5.32 Å². The SMILES string of the molecule is CC1CCCC1C(Cl)c1ccc2c(c1)CCC(=O)N2. The molecule has 1 N–H and O–H groups in total. The van der Waals surface area contributed by atoms with Crippen LogP contribution in [0.4, 0.5) is 5.69 Å². The van der Waals surface area contributed by atoms with Gasteiger partial charge in [0.15, 0.2) is 0 Å². The Morgan fingerprint density at radius 3 is 2.89 bits per heavy atom. The van der Waals surface area contributed by atoms with Crippen molar-refractivity contribution in [2.75, 3.05) is 5.32 Å². The number of alkyl halides is 1. The molecular formula is C16H20ClNO. The molecule has 3 heteroatoms. The van der Waals surface area contributed by atoms with Gasteiger partial charge in [-0.15, -0.1) is 11.6 Å². The Balaban J connectivity index is 1.83. The molecule has 2 aliphatic rings. The molecular weight excluding hydrogens is 258 g/mol. The van der Waals surface area contributed by atoms with E-state index in [9.17, 15) is 4.79 Å². The van der Waals surface area contributed by atoms with Crippen LogP contribution in [-0.2, 0) is 11.2 Å². The van der Waals surface area contributed by atoms with Crippen molar-refractivity contribution in [2.24, 2.45) is 11.8 Å². The van der Waals surface area contributed by atoms with Crippen LogP contribution in [0.2, 0.25) is 0 Å². The molecule has 1 amide bonds. The molecule has 19 heavy (non-hydrogen) atoms. The topological polar surface area (TPSA) is 29.1 Å². The second-order valence-electron chi connectivity index (χ2n) is 5.94. The van der Waals surface area contributed by atoms with Crippen molar-refractivity contribution < 1.29 is 4.79 Å². The van der Waals surface area contributed by atoms with Gasteiger partial charge in [-0.2, -0.15) is 0 Å². The lowest BCUT2D eigenvalue weighted by Crippen LogP contribution is -2.19. The predicted octanol–water partition coefficient (Wildman–Crippen LogP) is 4.29. The Morgan fingerprint density at radius 2 is 2.16 bits per heavy atom. The number of aryl methyl sites for hydroxylation is 1. The molecule has 1 aliphatic carbocycles. The van der Waals surface area contributed by atoms with Crippen molar-refractivity contribution in [1.82, 2.24) is 0 Å². The van der Waals surface area contributed by atoms with Gasteiger partial charge in [0.1, 0.15) is 0 Å². The highest BCUT2D eigenvalue weighted by molar-refractivity contribution is 6.21. The standard InChI is InChI=1S/C16H20ClNO/c1-10-3-2-4-13(10)16(17)12-5-7-14-11(9-12)6-8-15(19)18-14/h5,7,9-10,13,16H,2-4,6,8H2,1H3,(H,18,19). The molecule has 0 aromatic heterocycles. The summed E-state index contributed by atoms with van der Waals surface area (Å²) in [5.74, 6) is 1.43.